The van der Waals surface area contributed by atoms with Crippen molar-refractivity contribution < 1.29 is 0 Å². The van der Waals surface area contributed by atoms with E-state index in [0.29, 0.717) is 0 Å². The lowest BCUT2D eigenvalue weighted by Gasteiger charge is -2.20. The summed E-state index contributed by atoms with van der Waals surface area (Å²) in [7, 11) is 0. The van der Waals surface area contributed by atoms with Crippen molar-refractivity contribution in [1.29, 1.82) is 0 Å². The first-order valence-electron chi connectivity index (χ1n) is 9.90. The standard InChI is InChI=1S/C19H20.C9H12/c1-15(13-14-18-10-5-4-6-11-18)17(3)19-12-8-7-9-16(19)2;1-3-9(2)7-5-4-6-8-9/h4-12H,1,3,13-14H2,2H3;3-7H,1,8H2,2H3. The van der Waals surface area contributed by atoms with E-state index in [1.54, 1.807) is 0 Å². The van der Waals surface area contributed by atoms with Crippen LogP contribution in [0.3, 0.4) is 0 Å². The lowest BCUT2D eigenvalue weighted by molar-refractivity contribution is 0.558. The molecule has 3 rings (SSSR count). The number of hydrogen-bond donors (Lipinski definition) is 0. The van der Waals surface area contributed by atoms with Crippen molar-refractivity contribution in [3.8, 4) is 0 Å². The second-order valence-corrected chi connectivity index (χ2v) is 7.58. The zero-order valence-corrected chi connectivity index (χ0v) is 17.3. The fourth-order valence-corrected chi connectivity index (χ4v) is 3.09. The summed E-state index contributed by atoms with van der Waals surface area (Å²) in [5, 5.41) is 0. The van der Waals surface area contributed by atoms with Gasteiger partial charge in [0, 0.05) is 5.41 Å². The van der Waals surface area contributed by atoms with Crippen LogP contribution in [0.1, 0.15) is 36.5 Å². The van der Waals surface area contributed by atoms with Gasteiger partial charge in [-0.1, -0.05) is 105 Å². The van der Waals surface area contributed by atoms with E-state index in [1.165, 1.54) is 16.7 Å². The minimum atomic E-state index is 0.217. The fourth-order valence-electron chi connectivity index (χ4n) is 3.09. The Hall–Kier alpha value is -2.86. The first-order chi connectivity index (χ1) is 13.4. The van der Waals surface area contributed by atoms with Crippen molar-refractivity contribution in [2.75, 3.05) is 0 Å². The zero-order valence-electron chi connectivity index (χ0n) is 17.3. The lowest BCUT2D eigenvalue weighted by Crippen LogP contribution is -2.08. The fraction of sp³-hybridized carbons (Fsp3) is 0.214. The molecule has 0 saturated heterocycles. The molecule has 0 saturated carbocycles. The lowest BCUT2D eigenvalue weighted by atomic mass is 9.84. The van der Waals surface area contributed by atoms with Gasteiger partial charge in [0.15, 0.2) is 0 Å². The molecule has 0 radical (unpaired) electrons. The molecule has 0 bridgehead atoms. The maximum Gasteiger partial charge on any atom is 0.00677 e. The molecule has 28 heavy (non-hydrogen) atoms. The van der Waals surface area contributed by atoms with Gasteiger partial charge in [-0.2, -0.15) is 0 Å². The molecular weight excluding hydrogens is 336 g/mol. The van der Waals surface area contributed by atoms with Gasteiger partial charge in [0.25, 0.3) is 0 Å². The number of rotatable bonds is 6. The van der Waals surface area contributed by atoms with Crippen LogP contribution >= 0.6 is 0 Å². The van der Waals surface area contributed by atoms with Gasteiger partial charge in [0.2, 0.25) is 0 Å². The predicted molar refractivity (Wildman–Crippen MR) is 125 cm³/mol. The van der Waals surface area contributed by atoms with E-state index in [-0.39, 0.29) is 5.41 Å². The van der Waals surface area contributed by atoms with Crippen molar-refractivity contribution in [3.63, 3.8) is 0 Å². The van der Waals surface area contributed by atoms with E-state index in [1.807, 2.05) is 12.1 Å². The third kappa shape index (κ3) is 6.39. The van der Waals surface area contributed by atoms with Gasteiger partial charge in [0.1, 0.15) is 0 Å². The van der Waals surface area contributed by atoms with Crippen molar-refractivity contribution in [2.24, 2.45) is 5.41 Å². The van der Waals surface area contributed by atoms with Gasteiger partial charge >= 0.3 is 0 Å². The van der Waals surface area contributed by atoms with Gasteiger partial charge in [0.05, 0.1) is 0 Å². The Bertz CT molecular complexity index is 864. The van der Waals surface area contributed by atoms with E-state index in [2.05, 4.69) is 106 Å². The minimum absolute atomic E-state index is 0.217. The van der Waals surface area contributed by atoms with Crippen molar-refractivity contribution >= 4 is 5.57 Å². The molecule has 0 heterocycles. The van der Waals surface area contributed by atoms with Crippen LogP contribution in [0.15, 0.2) is 110 Å². The van der Waals surface area contributed by atoms with Gasteiger partial charge in [-0.3, -0.25) is 0 Å². The van der Waals surface area contributed by atoms with Crippen LogP contribution in [-0.2, 0) is 6.42 Å². The van der Waals surface area contributed by atoms with Crippen LogP contribution in [0.4, 0.5) is 0 Å². The van der Waals surface area contributed by atoms with Gasteiger partial charge < -0.3 is 0 Å². The van der Waals surface area contributed by atoms with Crippen LogP contribution in [0.5, 0.6) is 0 Å². The second kappa shape index (κ2) is 10.5. The van der Waals surface area contributed by atoms with Crippen molar-refractivity contribution in [1.82, 2.24) is 0 Å². The van der Waals surface area contributed by atoms with Crippen LogP contribution < -0.4 is 0 Å². The third-order valence-electron chi connectivity index (χ3n) is 5.20. The highest BCUT2D eigenvalue weighted by Gasteiger charge is 2.14. The molecule has 1 unspecified atom stereocenters. The summed E-state index contributed by atoms with van der Waals surface area (Å²) >= 11 is 0. The van der Waals surface area contributed by atoms with E-state index < -0.39 is 0 Å². The summed E-state index contributed by atoms with van der Waals surface area (Å²) in [6, 6.07) is 18.9. The monoisotopic (exact) mass is 368 g/mol. The normalized spacial score (nSPS) is 17.4. The highest BCUT2D eigenvalue weighted by Crippen LogP contribution is 2.27. The van der Waals surface area contributed by atoms with Crippen LogP contribution in [-0.4, -0.2) is 0 Å². The largest absolute Gasteiger partial charge is 0.102 e. The number of benzene rings is 2. The second-order valence-electron chi connectivity index (χ2n) is 7.58. The molecule has 144 valence electrons. The quantitative estimate of drug-likeness (QED) is 0.359. The summed E-state index contributed by atoms with van der Waals surface area (Å²) < 4.78 is 0. The van der Waals surface area contributed by atoms with Crippen LogP contribution in [0.25, 0.3) is 5.57 Å². The summed E-state index contributed by atoms with van der Waals surface area (Å²) in [5.74, 6) is 0. The first kappa shape index (κ1) is 21.4. The smallest absolute Gasteiger partial charge is 0.00677 e. The summed E-state index contributed by atoms with van der Waals surface area (Å²) in [5.41, 5.74) is 6.22. The molecule has 2 aromatic carbocycles. The van der Waals surface area contributed by atoms with Crippen LogP contribution in [0.2, 0.25) is 0 Å². The first-order valence-corrected chi connectivity index (χ1v) is 9.90. The maximum atomic E-state index is 4.20. The number of aryl methyl sites for hydroxylation is 2. The highest BCUT2D eigenvalue weighted by atomic mass is 14.2. The van der Waals surface area contributed by atoms with E-state index in [9.17, 15) is 0 Å². The Kier molecular flexibility index (Phi) is 8.02. The summed E-state index contributed by atoms with van der Waals surface area (Å²) in [6.45, 7) is 16.5. The molecule has 0 amide bonds. The molecule has 0 nitrogen and oxygen atoms in total. The van der Waals surface area contributed by atoms with Crippen LogP contribution in [0, 0.1) is 12.3 Å². The Morgan fingerprint density at radius 3 is 2.25 bits per heavy atom. The SMILES string of the molecule is C=C(CCc1ccccc1)C(=C)c1ccccc1C.C=CC1(C)C=CC=CC1. The Morgan fingerprint density at radius 2 is 1.68 bits per heavy atom. The maximum absolute atomic E-state index is 4.20. The average Bonchev–Trinajstić information content (AvgIpc) is 2.73. The summed E-state index contributed by atoms with van der Waals surface area (Å²) in [6.07, 6.45) is 13.6. The molecule has 1 aliphatic carbocycles. The Labute approximate surface area is 171 Å². The zero-order chi connectivity index (χ0) is 20.4. The Balaban J connectivity index is 0.000000261. The number of allylic oxidation sites excluding steroid dienone is 7. The molecule has 0 aliphatic heterocycles. The molecule has 2 aromatic rings. The molecule has 0 spiro atoms. The molecule has 0 fully saturated rings. The van der Waals surface area contributed by atoms with Crippen molar-refractivity contribution in [3.05, 3.63) is 127 Å². The van der Waals surface area contributed by atoms with Gasteiger partial charge in [-0.15, -0.1) is 6.58 Å². The predicted octanol–water partition coefficient (Wildman–Crippen LogP) is 7.89. The molecule has 0 N–H and O–H groups in total. The topological polar surface area (TPSA) is 0 Å². The Morgan fingerprint density at radius 1 is 1.00 bits per heavy atom. The summed E-state index contributed by atoms with van der Waals surface area (Å²) in [4.78, 5) is 0. The average molecular weight is 369 g/mol. The van der Waals surface area contributed by atoms with Crippen molar-refractivity contribution in [2.45, 2.75) is 33.1 Å². The van der Waals surface area contributed by atoms with Gasteiger partial charge in [-0.05, 0) is 54.0 Å². The molecular formula is C28H32. The molecule has 1 aliphatic rings. The van der Waals surface area contributed by atoms with E-state index >= 15 is 0 Å². The molecule has 0 heteroatoms. The minimum Gasteiger partial charge on any atom is -0.102 e. The van der Waals surface area contributed by atoms with E-state index in [0.717, 1.165) is 30.4 Å². The highest BCUT2D eigenvalue weighted by molar-refractivity contribution is 5.78. The third-order valence-corrected chi connectivity index (χ3v) is 5.20. The molecule has 1 atom stereocenters. The number of hydrogen-bond acceptors (Lipinski definition) is 0. The molecule has 0 aromatic heterocycles. The van der Waals surface area contributed by atoms with E-state index in [4.69, 9.17) is 0 Å². The van der Waals surface area contributed by atoms with Gasteiger partial charge in [-0.25, -0.2) is 0 Å².